The fourth-order valence-electron chi connectivity index (χ4n) is 3.44. The van der Waals surface area contributed by atoms with E-state index < -0.39 is 16.5 Å². The fourth-order valence-corrected chi connectivity index (χ4v) is 5.85. The number of thioether (sulfide) groups is 1. The molecule has 8 heteroatoms. The van der Waals surface area contributed by atoms with Crippen molar-refractivity contribution in [1.82, 2.24) is 4.98 Å². The maximum Gasteiger partial charge on any atom is 0.207 e. The number of hydrogen-bond acceptors (Lipinski definition) is 6. The normalized spacial score (nSPS) is 18.7. The van der Waals surface area contributed by atoms with Gasteiger partial charge in [0.05, 0.1) is 5.69 Å². The average molecular weight is 445 g/mol. The van der Waals surface area contributed by atoms with Crippen molar-refractivity contribution in [2.75, 3.05) is 11.6 Å². The summed E-state index contributed by atoms with van der Waals surface area (Å²) in [6.45, 7) is 2.57. The third kappa shape index (κ3) is 3.87. The zero-order valence-corrected chi connectivity index (χ0v) is 18.1. The van der Waals surface area contributed by atoms with Crippen molar-refractivity contribution in [3.63, 3.8) is 0 Å². The second-order valence-corrected chi connectivity index (χ2v) is 9.06. The van der Waals surface area contributed by atoms with E-state index in [-0.39, 0.29) is 5.56 Å². The second kappa shape index (κ2) is 8.83. The van der Waals surface area contributed by atoms with Crippen molar-refractivity contribution in [3.05, 3.63) is 82.4 Å². The predicted octanol–water partition coefficient (Wildman–Crippen LogP) is 5.49. The van der Waals surface area contributed by atoms with Gasteiger partial charge in [0.25, 0.3) is 0 Å². The number of hydrogen-bond donors (Lipinski definition) is 1. The molecule has 0 bridgehead atoms. The minimum atomic E-state index is -0.641. The van der Waals surface area contributed by atoms with Crippen LogP contribution in [0.1, 0.15) is 36.6 Å². The van der Waals surface area contributed by atoms with Gasteiger partial charge in [-0.15, -0.1) is 11.3 Å². The lowest BCUT2D eigenvalue weighted by molar-refractivity contribution is 0.526. The Balaban J connectivity index is 1.87. The van der Waals surface area contributed by atoms with Crippen molar-refractivity contribution >= 4 is 33.3 Å². The van der Waals surface area contributed by atoms with Gasteiger partial charge in [-0.05, 0) is 49.6 Å². The lowest BCUT2D eigenvalue weighted by Gasteiger charge is -2.35. The molecule has 2 heterocycles. The Morgan fingerprint density at radius 1 is 1.13 bits per heavy atom. The molecule has 0 aliphatic carbocycles. The molecule has 0 fully saturated rings. The highest BCUT2D eigenvalue weighted by molar-refractivity contribution is 8.15. The summed E-state index contributed by atoms with van der Waals surface area (Å²) >= 11 is 2.93. The van der Waals surface area contributed by atoms with Crippen molar-refractivity contribution < 1.29 is 8.78 Å². The summed E-state index contributed by atoms with van der Waals surface area (Å²) in [6, 6.07) is 13.4. The maximum atomic E-state index is 14.6. The fraction of sp³-hybridized carbons (Fsp3) is 0.273. The van der Waals surface area contributed by atoms with Crippen molar-refractivity contribution in [1.29, 1.82) is 0 Å². The summed E-state index contributed by atoms with van der Waals surface area (Å²) in [5.41, 5.74) is 8.00. The van der Waals surface area contributed by atoms with Crippen LogP contribution >= 0.6 is 23.1 Å². The molecule has 1 atom stereocenters. The van der Waals surface area contributed by atoms with Crippen molar-refractivity contribution in [2.45, 2.75) is 31.1 Å². The van der Waals surface area contributed by atoms with E-state index in [1.165, 1.54) is 29.2 Å². The van der Waals surface area contributed by atoms with Gasteiger partial charge in [0.15, 0.2) is 0 Å². The zero-order valence-electron chi connectivity index (χ0n) is 16.5. The second-order valence-electron chi connectivity index (χ2n) is 6.96. The molecule has 2 N–H and O–H groups in total. The number of hydrazone groups is 1. The van der Waals surface area contributed by atoms with E-state index in [1.54, 1.807) is 0 Å². The highest BCUT2D eigenvalue weighted by atomic mass is 32.2. The standard InChI is InChI=1S/C22H22F2N4S2/c1-2-17-14-29-21(26-17)28-22(11-6-12-25,15-7-4-3-5-8-15)30-20(27-28)18-13-16(23)9-10-19(18)24/h3-5,7-10,13-14H,2,6,11-12,25H2,1H3. The molecule has 4 nitrogen and oxygen atoms in total. The van der Waals surface area contributed by atoms with E-state index >= 15 is 0 Å². The lowest BCUT2D eigenvalue weighted by atomic mass is 10.0. The molecule has 1 aliphatic rings. The van der Waals surface area contributed by atoms with Gasteiger partial charge < -0.3 is 5.73 Å². The van der Waals surface area contributed by atoms with E-state index in [0.717, 1.165) is 41.4 Å². The molecule has 0 saturated carbocycles. The van der Waals surface area contributed by atoms with Gasteiger partial charge >= 0.3 is 0 Å². The molecule has 0 saturated heterocycles. The number of anilines is 1. The number of aromatic nitrogens is 1. The smallest absolute Gasteiger partial charge is 0.207 e. The number of aryl methyl sites for hydroxylation is 1. The highest BCUT2D eigenvalue weighted by Gasteiger charge is 2.47. The first-order chi connectivity index (χ1) is 14.6. The Hall–Kier alpha value is -2.29. The number of nitrogens with zero attached hydrogens (tertiary/aromatic N) is 3. The molecule has 0 amide bonds. The van der Waals surface area contributed by atoms with Gasteiger partial charge in [0.2, 0.25) is 5.13 Å². The molecular weight excluding hydrogens is 422 g/mol. The summed E-state index contributed by atoms with van der Waals surface area (Å²) in [5.74, 6) is -0.999. The van der Waals surface area contributed by atoms with Gasteiger partial charge in [-0.25, -0.2) is 18.8 Å². The van der Waals surface area contributed by atoms with Crippen LogP contribution in [-0.2, 0) is 11.3 Å². The molecule has 1 aromatic heterocycles. The molecule has 4 rings (SSSR count). The molecule has 1 unspecified atom stereocenters. The molecule has 156 valence electrons. The SMILES string of the molecule is CCc1csc(N2N=C(c3cc(F)ccc3F)SC2(CCCN)c2ccccc2)n1. The number of rotatable bonds is 7. The summed E-state index contributed by atoms with van der Waals surface area (Å²) in [7, 11) is 0. The van der Waals surface area contributed by atoms with Gasteiger partial charge in [0, 0.05) is 10.9 Å². The maximum absolute atomic E-state index is 14.6. The van der Waals surface area contributed by atoms with Crippen LogP contribution in [-0.4, -0.2) is 16.6 Å². The van der Waals surface area contributed by atoms with Crippen LogP contribution in [0.15, 0.2) is 59.0 Å². The average Bonchev–Trinajstić information content (AvgIpc) is 3.40. The first-order valence-electron chi connectivity index (χ1n) is 9.80. The van der Waals surface area contributed by atoms with Crippen molar-refractivity contribution in [3.8, 4) is 0 Å². The zero-order chi connectivity index (χ0) is 21.1. The van der Waals surface area contributed by atoms with E-state index in [0.29, 0.717) is 18.0 Å². The number of benzene rings is 2. The van der Waals surface area contributed by atoms with E-state index in [2.05, 4.69) is 0 Å². The quantitative estimate of drug-likeness (QED) is 0.524. The first kappa shape index (κ1) is 21.0. The Bertz CT molecular complexity index is 1050. The monoisotopic (exact) mass is 444 g/mol. The largest absolute Gasteiger partial charge is 0.330 e. The highest BCUT2D eigenvalue weighted by Crippen LogP contribution is 2.52. The van der Waals surface area contributed by atoms with E-state index in [1.807, 2.05) is 47.6 Å². The number of nitrogens with two attached hydrogens (primary N) is 1. The summed E-state index contributed by atoms with van der Waals surface area (Å²) in [6.07, 6.45) is 2.25. The third-order valence-electron chi connectivity index (χ3n) is 4.98. The van der Waals surface area contributed by atoms with Crippen molar-refractivity contribution in [2.24, 2.45) is 10.8 Å². The molecule has 30 heavy (non-hydrogen) atoms. The van der Waals surface area contributed by atoms with Gasteiger partial charge in [-0.1, -0.05) is 49.0 Å². The number of halogens is 2. The van der Waals surface area contributed by atoms with Crippen LogP contribution in [0.4, 0.5) is 13.9 Å². The van der Waals surface area contributed by atoms with E-state index in [4.69, 9.17) is 15.8 Å². The van der Waals surface area contributed by atoms with E-state index in [9.17, 15) is 8.78 Å². The Labute approximate surface area is 182 Å². The van der Waals surface area contributed by atoms with Crippen LogP contribution in [0.5, 0.6) is 0 Å². The first-order valence-corrected chi connectivity index (χ1v) is 11.5. The van der Waals surface area contributed by atoms with Gasteiger partial charge in [0.1, 0.15) is 21.5 Å². The molecule has 0 radical (unpaired) electrons. The van der Waals surface area contributed by atoms with Gasteiger partial charge in [-0.3, -0.25) is 0 Å². The summed E-state index contributed by atoms with van der Waals surface area (Å²) in [4.78, 5) is 4.09. The Morgan fingerprint density at radius 3 is 2.63 bits per heavy atom. The molecular formula is C22H22F2N4S2. The summed E-state index contributed by atoms with van der Waals surface area (Å²) < 4.78 is 28.5. The van der Waals surface area contributed by atoms with Gasteiger partial charge in [-0.2, -0.15) is 5.10 Å². The molecule has 3 aromatic rings. The van der Waals surface area contributed by atoms with Crippen LogP contribution in [0.2, 0.25) is 0 Å². The Morgan fingerprint density at radius 2 is 1.93 bits per heavy atom. The third-order valence-corrected chi connectivity index (χ3v) is 7.30. The minimum absolute atomic E-state index is 0.155. The number of thiazole rings is 1. The van der Waals surface area contributed by atoms with Crippen LogP contribution in [0, 0.1) is 11.6 Å². The Kier molecular flexibility index (Phi) is 6.17. The van der Waals surface area contributed by atoms with Crippen LogP contribution in [0.3, 0.4) is 0 Å². The van der Waals surface area contributed by atoms with Crippen LogP contribution < -0.4 is 10.7 Å². The molecule has 1 aliphatic heterocycles. The molecule has 2 aromatic carbocycles. The molecule has 0 spiro atoms. The predicted molar refractivity (Wildman–Crippen MR) is 121 cm³/mol. The topological polar surface area (TPSA) is 54.5 Å². The lowest BCUT2D eigenvalue weighted by Crippen LogP contribution is -2.38. The summed E-state index contributed by atoms with van der Waals surface area (Å²) in [5, 5.41) is 9.81. The van der Waals surface area contributed by atoms with Crippen LogP contribution in [0.25, 0.3) is 0 Å². The minimum Gasteiger partial charge on any atom is -0.330 e.